The van der Waals surface area contributed by atoms with Crippen LogP contribution in [0.5, 0.6) is 0 Å². The van der Waals surface area contributed by atoms with Gasteiger partial charge in [-0.25, -0.2) is 0 Å². The second-order valence-corrected chi connectivity index (χ2v) is 5.28. The SMILES string of the molecule is COCCCNCCN(C)CC1CCN(C)C1. The number of hydrogen-bond donors (Lipinski definition) is 1. The summed E-state index contributed by atoms with van der Waals surface area (Å²) in [7, 11) is 6.21. The van der Waals surface area contributed by atoms with Gasteiger partial charge in [-0.1, -0.05) is 0 Å². The smallest absolute Gasteiger partial charge is 0.0474 e. The molecule has 1 unspecified atom stereocenters. The van der Waals surface area contributed by atoms with Crippen LogP contribution in [0.3, 0.4) is 0 Å². The molecule has 0 aromatic carbocycles. The molecule has 0 radical (unpaired) electrons. The van der Waals surface area contributed by atoms with Crippen molar-refractivity contribution in [2.75, 3.05) is 67.1 Å². The lowest BCUT2D eigenvalue weighted by Crippen LogP contribution is -2.33. The summed E-state index contributed by atoms with van der Waals surface area (Å²) in [4.78, 5) is 4.88. The number of likely N-dealkylation sites (tertiary alicyclic amines) is 1. The normalized spacial score (nSPS) is 21.5. The average Bonchev–Trinajstić information content (AvgIpc) is 2.69. The molecule has 4 nitrogen and oxygen atoms in total. The molecule has 0 saturated carbocycles. The molecule has 102 valence electrons. The second-order valence-electron chi connectivity index (χ2n) is 5.28. The van der Waals surface area contributed by atoms with Crippen LogP contribution in [0, 0.1) is 5.92 Å². The number of methoxy groups -OCH3 is 1. The second kappa shape index (κ2) is 8.86. The topological polar surface area (TPSA) is 27.7 Å². The molecule has 0 aromatic heterocycles. The summed E-state index contributed by atoms with van der Waals surface area (Å²) in [6.45, 7) is 7.94. The van der Waals surface area contributed by atoms with Crippen LogP contribution in [0.1, 0.15) is 12.8 Å². The molecule has 1 fully saturated rings. The van der Waals surface area contributed by atoms with Crippen molar-refractivity contribution in [1.82, 2.24) is 15.1 Å². The highest BCUT2D eigenvalue weighted by atomic mass is 16.5. The van der Waals surface area contributed by atoms with Crippen molar-refractivity contribution in [2.24, 2.45) is 5.92 Å². The van der Waals surface area contributed by atoms with E-state index in [0.29, 0.717) is 0 Å². The fourth-order valence-corrected chi connectivity index (χ4v) is 2.44. The number of likely N-dealkylation sites (N-methyl/N-ethyl adjacent to an activating group) is 1. The number of hydrogen-bond acceptors (Lipinski definition) is 4. The predicted octanol–water partition coefficient (Wildman–Crippen LogP) is 0.496. The number of nitrogens with one attached hydrogen (secondary N) is 1. The maximum absolute atomic E-state index is 5.01. The van der Waals surface area contributed by atoms with Gasteiger partial charge >= 0.3 is 0 Å². The number of nitrogens with zero attached hydrogens (tertiary/aromatic N) is 2. The zero-order chi connectivity index (χ0) is 12.5. The Morgan fingerprint density at radius 3 is 2.88 bits per heavy atom. The van der Waals surface area contributed by atoms with E-state index in [4.69, 9.17) is 4.74 Å². The molecular formula is C13H29N3O. The molecule has 0 amide bonds. The zero-order valence-corrected chi connectivity index (χ0v) is 11.7. The molecule has 1 aliphatic heterocycles. The Morgan fingerprint density at radius 2 is 2.24 bits per heavy atom. The van der Waals surface area contributed by atoms with Crippen molar-refractivity contribution in [3.8, 4) is 0 Å². The van der Waals surface area contributed by atoms with E-state index in [9.17, 15) is 0 Å². The number of ether oxygens (including phenoxy) is 1. The van der Waals surface area contributed by atoms with Crippen LogP contribution in [0.25, 0.3) is 0 Å². The van der Waals surface area contributed by atoms with Crippen molar-refractivity contribution >= 4 is 0 Å². The average molecular weight is 243 g/mol. The van der Waals surface area contributed by atoms with Crippen molar-refractivity contribution < 1.29 is 4.74 Å². The molecule has 4 heteroatoms. The van der Waals surface area contributed by atoms with E-state index in [1.807, 2.05) is 0 Å². The summed E-state index contributed by atoms with van der Waals surface area (Å²) < 4.78 is 5.01. The van der Waals surface area contributed by atoms with E-state index >= 15 is 0 Å². The first kappa shape index (κ1) is 14.9. The molecule has 0 aliphatic carbocycles. The minimum absolute atomic E-state index is 0.858. The Morgan fingerprint density at radius 1 is 1.41 bits per heavy atom. The Labute approximate surface area is 106 Å². The van der Waals surface area contributed by atoms with Crippen LogP contribution in [-0.2, 0) is 4.74 Å². The van der Waals surface area contributed by atoms with Gasteiger partial charge in [-0.2, -0.15) is 0 Å². The molecule has 17 heavy (non-hydrogen) atoms. The molecule has 1 aliphatic rings. The van der Waals surface area contributed by atoms with Crippen molar-refractivity contribution in [2.45, 2.75) is 12.8 Å². The third kappa shape index (κ3) is 6.99. The summed E-state index contributed by atoms with van der Waals surface area (Å²) in [5.41, 5.74) is 0. The van der Waals surface area contributed by atoms with E-state index < -0.39 is 0 Å². The van der Waals surface area contributed by atoms with Gasteiger partial charge in [0.2, 0.25) is 0 Å². The van der Waals surface area contributed by atoms with Crippen LogP contribution in [-0.4, -0.2) is 76.9 Å². The molecular weight excluding hydrogens is 214 g/mol. The van der Waals surface area contributed by atoms with Gasteiger partial charge in [0.05, 0.1) is 0 Å². The van der Waals surface area contributed by atoms with Crippen LogP contribution in [0.4, 0.5) is 0 Å². The zero-order valence-electron chi connectivity index (χ0n) is 11.7. The summed E-state index contributed by atoms with van der Waals surface area (Å²) in [5, 5.41) is 3.45. The lowest BCUT2D eigenvalue weighted by atomic mass is 10.1. The van der Waals surface area contributed by atoms with E-state index in [2.05, 4.69) is 29.2 Å². The summed E-state index contributed by atoms with van der Waals surface area (Å²) in [5.74, 6) is 0.874. The van der Waals surface area contributed by atoms with Gasteiger partial charge in [0.1, 0.15) is 0 Å². The first-order valence-corrected chi connectivity index (χ1v) is 6.79. The first-order chi connectivity index (χ1) is 8.22. The summed E-state index contributed by atoms with van der Waals surface area (Å²) in [6.07, 6.45) is 2.47. The molecule has 0 aromatic rings. The van der Waals surface area contributed by atoms with Gasteiger partial charge in [0.25, 0.3) is 0 Å². The Hall–Kier alpha value is -0.160. The standard InChI is InChI=1S/C13H29N3O/c1-15-8-5-13(11-15)12-16(2)9-7-14-6-4-10-17-3/h13-14H,4-12H2,1-3H3. The highest BCUT2D eigenvalue weighted by Gasteiger charge is 2.20. The van der Waals surface area contributed by atoms with Crippen molar-refractivity contribution in [3.63, 3.8) is 0 Å². The van der Waals surface area contributed by atoms with Crippen molar-refractivity contribution in [3.05, 3.63) is 0 Å². The highest BCUT2D eigenvalue weighted by Crippen LogP contribution is 2.14. The fraction of sp³-hybridized carbons (Fsp3) is 1.00. The van der Waals surface area contributed by atoms with Gasteiger partial charge in [-0.3, -0.25) is 0 Å². The van der Waals surface area contributed by atoms with E-state index in [1.165, 1.54) is 26.1 Å². The molecule has 1 rings (SSSR count). The maximum atomic E-state index is 5.01. The van der Waals surface area contributed by atoms with Crippen LogP contribution >= 0.6 is 0 Å². The lowest BCUT2D eigenvalue weighted by molar-refractivity contribution is 0.193. The van der Waals surface area contributed by atoms with E-state index in [0.717, 1.165) is 38.6 Å². The Kier molecular flexibility index (Phi) is 7.77. The van der Waals surface area contributed by atoms with Gasteiger partial charge in [-0.15, -0.1) is 0 Å². The van der Waals surface area contributed by atoms with Gasteiger partial charge in [-0.05, 0) is 45.9 Å². The first-order valence-electron chi connectivity index (χ1n) is 6.79. The third-order valence-corrected chi connectivity index (χ3v) is 3.43. The molecule has 1 heterocycles. The minimum atomic E-state index is 0.858. The predicted molar refractivity (Wildman–Crippen MR) is 72.5 cm³/mol. The lowest BCUT2D eigenvalue weighted by Gasteiger charge is -2.21. The minimum Gasteiger partial charge on any atom is -0.385 e. The Balaban J connectivity index is 1.92. The molecule has 1 N–H and O–H groups in total. The quantitative estimate of drug-likeness (QED) is 0.597. The largest absolute Gasteiger partial charge is 0.385 e. The molecule has 1 saturated heterocycles. The van der Waals surface area contributed by atoms with Crippen molar-refractivity contribution in [1.29, 1.82) is 0 Å². The Bertz CT molecular complexity index is 190. The fourth-order valence-electron chi connectivity index (χ4n) is 2.44. The summed E-state index contributed by atoms with van der Waals surface area (Å²) in [6, 6.07) is 0. The summed E-state index contributed by atoms with van der Waals surface area (Å²) >= 11 is 0. The van der Waals surface area contributed by atoms with Crippen LogP contribution in [0.15, 0.2) is 0 Å². The van der Waals surface area contributed by atoms with E-state index in [-0.39, 0.29) is 0 Å². The van der Waals surface area contributed by atoms with Crippen LogP contribution in [0.2, 0.25) is 0 Å². The van der Waals surface area contributed by atoms with Gasteiger partial charge in [0.15, 0.2) is 0 Å². The highest BCUT2D eigenvalue weighted by molar-refractivity contribution is 4.75. The maximum Gasteiger partial charge on any atom is 0.0474 e. The monoisotopic (exact) mass is 243 g/mol. The van der Waals surface area contributed by atoms with Gasteiger partial charge < -0.3 is 19.9 Å². The van der Waals surface area contributed by atoms with Crippen LogP contribution < -0.4 is 5.32 Å². The molecule has 0 spiro atoms. The van der Waals surface area contributed by atoms with Gasteiger partial charge in [0, 0.05) is 39.9 Å². The third-order valence-electron chi connectivity index (χ3n) is 3.43. The molecule has 1 atom stereocenters. The number of rotatable bonds is 9. The molecule has 0 bridgehead atoms. The van der Waals surface area contributed by atoms with E-state index in [1.54, 1.807) is 7.11 Å².